The maximum atomic E-state index is 12.5. The fourth-order valence-corrected chi connectivity index (χ4v) is 3.21. The Morgan fingerprint density at radius 3 is 2.38 bits per heavy atom. The van der Waals surface area contributed by atoms with Crippen LogP contribution in [0.3, 0.4) is 0 Å². The van der Waals surface area contributed by atoms with Crippen molar-refractivity contribution in [1.29, 1.82) is 0 Å². The highest BCUT2D eigenvalue weighted by atomic mass is 16.3. The molecular formula is C20H32N2O2. The van der Waals surface area contributed by atoms with E-state index >= 15 is 0 Å². The van der Waals surface area contributed by atoms with Gasteiger partial charge in [0.1, 0.15) is 0 Å². The van der Waals surface area contributed by atoms with Crippen LogP contribution in [0.25, 0.3) is 0 Å². The maximum Gasteiger partial charge on any atom is 0.227 e. The molecule has 1 aromatic carbocycles. The van der Waals surface area contributed by atoms with Gasteiger partial charge in [0, 0.05) is 23.7 Å². The largest absolute Gasteiger partial charge is 0.389 e. The number of carbonyl (C=O) groups excluding carboxylic acids is 1. The normalized spacial score (nSPS) is 23.8. The van der Waals surface area contributed by atoms with Crippen LogP contribution in [0.1, 0.15) is 65.0 Å². The molecule has 1 amide bonds. The van der Waals surface area contributed by atoms with E-state index in [2.05, 4.69) is 31.4 Å². The summed E-state index contributed by atoms with van der Waals surface area (Å²) < 4.78 is 0. The van der Waals surface area contributed by atoms with Crippen molar-refractivity contribution in [3.05, 3.63) is 29.8 Å². The summed E-state index contributed by atoms with van der Waals surface area (Å²) in [6.07, 6.45) is 3.46. The number of aliphatic hydroxyl groups is 1. The first-order valence-corrected chi connectivity index (χ1v) is 9.21. The van der Waals surface area contributed by atoms with Crippen LogP contribution in [-0.2, 0) is 4.79 Å². The standard InChI is InChI=1S/C20H32N2O2/c1-13(2)14(3)21-18-10-8-16(9-11-18)20(24)22-19-7-5-6-17(12-19)15(4)23/h5-7,12-16,18,21,23H,8-11H2,1-4H3,(H,22,24). The van der Waals surface area contributed by atoms with E-state index in [9.17, 15) is 9.90 Å². The zero-order valence-corrected chi connectivity index (χ0v) is 15.4. The highest BCUT2D eigenvalue weighted by molar-refractivity contribution is 5.92. The second-order valence-corrected chi connectivity index (χ2v) is 7.54. The summed E-state index contributed by atoms with van der Waals surface area (Å²) in [4.78, 5) is 12.5. The van der Waals surface area contributed by atoms with Crippen molar-refractivity contribution in [2.75, 3.05) is 5.32 Å². The monoisotopic (exact) mass is 332 g/mol. The Kier molecular flexibility index (Phi) is 6.81. The van der Waals surface area contributed by atoms with Gasteiger partial charge in [-0.2, -0.15) is 0 Å². The summed E-state index contributed by atoms with van der Waals surface area (Å²) in [5.74, 6) is 0.827. The van der Waals surface area contributed by atoms with Crippen LogP contribution >= 0.6 is 0 Å². The number of hydrogen-bond acceptors (Lipinski definition) is 3. The van der Waals surface area contributed by atoms with Gasteiger partial charge in [0.2, 0.25) is 5.91 Å². The minimum Gasteiger partial charge on any atom is -0.389 e. The average molecular weight is 332 g/mol. The zero-order valence-electron chi connectivity index (χ0n) is 15.4. The van der Waals surface area contributed by atoms with E-state index in [0.717, 1.165) is 36.9 Å². The molecule has 1 saturated carbocycles. The van der Waals surface area contributed by atoms with Crippen molar-refractivity contribution in [2.45, 2.75) is 71.6 Å². The predicted octanol–water partition coefficient (Wildman–Crippen LogP) is 3.87. The van der Waals surface area contributed by atoms with Crippen LogP contribution in [-0.4, -0.2) is 23.1 Å². The average Bonchev–Trinajstić information content (AvgIpc) is 2.55. The Bertz CT molecular complexity index is 534. The van der Waals surface area contributed by atoms with Gasteiger partial charge in [0.15, 0.2) is 0 Å². The van der Waals surface area contributed by atoms with Gasteiger partial charge in [-0.15, -0.1) is 0 Å². The van der Waals surface area contributed by atoms with E-state index in [1.54, 1.807) is 6.92 Å². The fourth-order valence-electron chi connectivity index (χ4n) is 3.21. The van der Waals surface area contributed by atoms with E-state index in [1.807, 2.05) is 24.3 Å². The van der Waals surface area contributed by atoms with Crippen molar-refractivity contribution in [3.8, 4) is 0 Å². The molecule has 1 fully saturated rings. The molecule has 0 spiro atoms. The smallest absolute Gasteiger partial charge is 0.227 e. The number of carbonyl (C=O) groups is 1. The lowest BCUT2D eigenvalue weighted by Crippen LogP contribution is -2.42. The number of benzene rings is 1. The molecule has 0 bridgehead atoms. The molecular weight excluding hydrogens is 300 g/mol. The van der Waals surface area contributed by atoms with Crippen molar-refractivity contribution < 1.29 is 9.90 Å². The van der Waals surface area contributed by atoms with E-state index in [1.165, 1.54) is 0 Å². The lowest BCUT2D eigenvalue weighted by Gasteiger charge is -2.31. The molecule has 0 aliphatic heterocycles. The van der Waals surface area contributed by atoms with Crippen molar-refractivity contribution in [1.82, 2.24) is 5.32 Å². The predicted molar refractivity (Wildman–Crippen MR) is 98.9 cm³/mol. The molecule has 1 aliphatic rings. The van der Waals surface area contributed by atoms with Crippen LogP contribution in [0, 0.1) is 11.8 Å². The van der Waals surface area contributed by atoms with Crippen molar-refractivity contribution in [3.63, 3.8) is 0 Å². The van der Waals surface area contributed by atoms with Gasteiger partial charge in [-0.3, -0.25) is 4.79 Å². The fraction of sp³-hybridized carbons (Fsp3) is 0.650. The van der Waals surface area contributed by atoms with Crippen LogP contribution in [0.2, 0.25) is 0 Å². The van der Waals surface area contributed by atoms with E-state index in [0.29, 0.717) is 18.0 Å². The minimum atomic E-state index is -0.522. The molecule has 0 aromatic heterocycles. The first-order valence-electron chi connectivity index (χ1n) is 9.21. The number of rotatable bonds is 6. The third-order valence-corrected chi connectivity index (χ3v) is 5.23. The summed E-state index contributed by atoms with van der Waals surface area (Å²) in [6.45, 7) is 8.43. The number of aliphatic hydroxyl groups excluding tert-OH is 1. The van der Waals surface area contributed by atoms with E-state index in [-0.39, 0.29) is 11.8 Å². The molecule has 0 heterocycles. The van der Waals surface area contributed by atoms with Gasteiger partial charge in [0.05, 0.1) is 6.10 Å². The second-order valence-electron chi connectivity index (χ2n) is 7.54. The highest BCUT2D eigenvalue weighted by Crippen LogP contribution is 2.27. The molecule has 2 unspecified atom stereocenters. The molecule has 0 saturated heterocycles. The number of amides is 1. The Hall–Kier alpha value is -1.39. The van der Waals surface area contributed by atoms with Gasteiger partial charge < -0.3 is 15.7 Å². The summed E-state index contributed by atoms with van der Waals surface area (Å²) >= 11 is 0. The summed E-state index contributed by atoms with van der Waals surface area (Å²) in [5.41, 5.74) is 1.59. The summed E-state index contributed by atoms with van der Waals surface area (Å²) in [7, 11) is 0. The lowest BCUT2D eigenvalue weighted by atomic mass is 9.84. The quantitative estimate of drug-likeness (QED) is 0.741. The number of anilines is 1. The van der Waals surface area contributed by atoms with Gasteiger partial charge in [0.25, 0.3) is 0 Å². The van der Waals surface area contributed by atoms with Gasteiger partial charge in [-0.1, -0.05) is 26.0 Å². The van der Waals surface area contributed by atoms with E-state index < -0.39 is 6.10 Å². The third kappa shape index (κ3) is 5.32. The molecule has 0 radical (unpaired) electrons. The number of hydrogen-bond donors (Lipinski definition) is 3. The zero-order chi connectivity index (χ0) is 17.7. The van der Waals surface area contributed by atoms with Crippen LogP contribution in [0.4, 0.5) is 5.69 Å². The molecule has 1 aromatic rings. The Labute approximate surface area is 146 Å². The van der Waals surface area contributed by atoms with Crippen molar-refractivity contribution in [2.24, 2.45) is 11.8 Å². The van der Waals surface area contributed by atoms with E-state index in [4.69, 9.17) is 0 Å². The highest BCUT2D eigenvalue weighted by Gasteiger charge is 2.27. The molecule has 3 N–H and O–H groups in total. The molecule has 2 rings (SSSR count). The Balaban J connectivity index is 1.84. The molecule has 24 heavy (non-hydrogen) atoms. The summed E-state index contributed by atoms with van der Waals surface area (Å²) in [5, 5.41) is 16.3. The molecule has 2 atom stereocenters. The first-order chi connectivity index (χ1) is 11.4. The second kappa shape index (κ2) is 8.63. The minimum absolute atomic E-state index is 0.0904. The molecule has 4 heteroatoms. The Morgan fingerprint density at radius 2 is 1.79 bits per heavy atom. The SMILES string of the molecule is CC(O)c1cccc(NC(=O)C2CCC(NC(C)C(C)C)CC2)c1. The maximum absolute atomic E-state index is 12.5. The number of nitrogens with one attached hydrogen (secondary N) is 2. The lowest BCUT2D eigenvalue weighted by molar-refractivity contribution is -0.120. The van der Waals surface area contributed by atoms with Gasteiger partial charge in [-0.05, 0) is 63.1 Å². The summed E-state index contributed by atoms with van der Waals surface area (Å²) in [6, 6.07) is 8.51. The van der Waals surface area contributed by atoms with Crippen LogP contribution in [0.5, 0.6) is 0 Å². The molecule has 4 nitrogen and oxygen atoms in total. The van der Waals surface area contributed by atoms with Gasteiger partial charge in [-0.25, -0.2) is 0 Å². The van der Waals surface area contributed by atoms with Crippen LogP contribution in [0.15, 0.2) is 24.3 Å². The Morgan fingerprint density at radius 1 is 1.12 bits per heavy atom. The van der Waals surface area contributed by atoms with Gasteiger partial charge >= 0.3 is 0 Å². The topological polar surface area (TPSA) is 61.4 Å². The molecule has 1 aliphatic carbocycles. The third-order valence-electron chi connectivity index (χ3n) is 5.23. The molecule has 134 valence electrons. The first kappa shape index (κ1) is 18.9. The van der Waals surface area contributed by atoms with Crippen LogP contribution < -0.4 is 10.6 Å². The van der Waals surface area contributed by atoms with Crippen molar-refractivity contribution >= 4 is 11.6 Å².